The normalized spacial score (nSPS) is 15.9. The molecule has 7 heteroatoms. The van der Waals surface area contributed by atoms with Crippen molar-refractivity contribution in [3.05, 3.63) is 48.3 Å². The third-order valence-electron chi connectivity index (χ3n) is 4.36. The van der Waals surface area contributed by atoms with Crippen LogP contribution in [0.4, 0.5) is 0 Å². The van der Waals surface area contributed by atoms with Crippen LogP contribution in [0.25, 0.3) is 11.0 Å². The van der Waals surface area contributed by atoms with Crippen molar-refractivity contribution in [2.24, 2.45) is 0 Å². The van der Waals surface area contributed by atoms with Crippen LogP contribution in [0, 0.1) is 0 Å². The van der Waals surface area contributed by atoms with Gasteiger partial charge in [0.2, 0.25) is 0 Å². The predicted molar refractivity (Wildman–Crippen MR) is 83.8 cm³/mol. The number of piperidine rings is 1. The van der Waals surface area contributed by atoms with Gasteiger partial charge in [-0.25, -0.2) is 15.0 Å². The van der Waals surface area contributed by atoms with Crippen molar-refractivity contribution in [3.8, 4) is 0 Å². The van der Waals surface area contributed by atoms with E-state index in [0.717, 1.165) is 42.7 Å². The van der Waals surface area contributed by atoms with Gasteiger partial charge in [-0.3, -0.25) is 9.89 Å². The van der Waals surface area contributed by atoms with E-state index >= 15 is 0 Å². The molecular formula is C16H16N6O. The number of hydrogen-bond acceptors (Lipinski definition) is 5. The van der Waals surface area contributed by atoms with E-state index in [1.165, 1.54) is 6.33 Å². The van der Waals surface area contributed by atoms with Gasteiger partial charge < -0.3 is 4.90 Å². The van der Waals surface area contributed by atoms with Crippen LogP contribution in [0.3, 0.4) is 0 Å². The monoisotopic (exact) mass is 308 g/mol. The Hall–Kier alpha value is -2.83. The molecule has 0 atom stereocenters. The summed E-state index contributed by atoms with van der Waals surface area (Å²) in [7, 11) is 0. The van der Waals surface area contributed by atoms with E-state index in [1.54, 1.807) is 18.6 Å². The highest BCUT2D eigenvalue weighted by atomic mass is 16.2. The molecule has 0 aromatic carbocycles. The molecule has 116 valence electrons. The largest absolute Gasteiger partial charge is 0.339 e. The molecule has 4 heterocycles. The Morgan fingerprint density at radius 1 is 1.22 bits per heavy atom. The molecule has 1 aliphatic heterocycles. The number of aromatic amines is 1. The Morgan fingerprint density at radius 2 is 2.00 bits per heavy atom. The van der Waals surface area contributed by atoms with Gasteiger partial charge in [0.25, 0.3) is 5.91 Å². The third kappa shape index (κ3) is 2.54. The van der Waals surface area contributed by atoms with Gasteiger partial charge in [-0.15, -0.1) is 0 Å². The Labute approximate surface area is 132 Å². The zero-order valence-corrected chi connectivity index (χ0v) is 12.5. The minimum absolute atomic E-state index is 0.000172. The van der Waals surface area contributed by atoms with Crippen LogP contribution in [-0.2, 0) is 0 Å². The van der Waals surface area contributed by atoms with Gasteiger partial charge in [0.1, 0.15) is 6.33 Å². The van der Waals surface area contributed by atoms with Crippen LogP contribution in [0.15, 0.2) is 37.1 Å². The molecule has 1 amide bonds. The maximum atomic E-state index is 12.4. The lowest BCUT2D eigenvalue weighted by Gasteiger charge is -2.31. The fourth-order valence-electron chi connectivity index (χ4n) is 3.14. The molecule has 0 saturated carbocycles. The van der Waals surface area contributed by atoms with Gasteiger partial charge in [0.05, 0.1) is 5.56 Å². The quantitative estimate of drug-likeness (QED) is 0.779. The van der Waals surface area contributed by atoms with E-state index in [9.17, 15) is 4.79 Å². The second-order valence-corrected chi connectivity index (χ2v) is 5.71. The molecule has 23 heavy (non-hydrogen) atoms. The van der Waals surface area contributed by atoms with E-state index in [-0.39, 0.29) is 5.91 Å². The zero-order chi connectivity index (χ0) is 15.6. The SMILES string of the molecule is O=C(c1cncnc1)N1CCC(c2[nH]nc3ncccc23)CC1. The lowest BCUT2D eigenvalue weighted by molar-refractivity contribution is 0.0711. The number of nitrogens with zero attached hydrogens (tertiary/aromatic N) is 5. The van der Waals surface area contributed by atoms with Crippen LogP contribution in [0.5, 0.6) is 0 Å². The topological polar surface area (TPSA) is 87.7 Å². The summed E-state index contributed by atoms with van der Waals surface area (Å²) in [5.74, 6) is 0.375. The fourth-order valence-corrected chi connectivity index (χ4v) is 3.14. The van der Waals surface area contributed by atoms with Crippen LogP contribution >= 0.6 is 0 Å². The summed E-state index contributed by atoms with van der Waals surface area (Å²) in [4.78, 5) is 26.4. The highest BCUT2D eigenvalue weighted by Gasteiger charge is 2.26. The van der Waals surface area contributed by atoms with Crippen molar-refractivity contribution >= 4 is 16.9 Å². The Kier molecular flexibility index (Phi) is 3.45. The van der Waals surface area contributed by atoms with Crippen molar-refractivity contribution in [1.29, 1.82) is 0 Å². The molecule has 0 unspecified atom stereocenters. The first-order valence-electron chi connectivity index (χ1n) is 7.66. The molecule has 1 N–H and O–H groups in total. The van der Waals surface area contributed by atoms with Crippen molar-refractivity contribution in [3.63, 3.8) is 0 Å². The van der Waals surface area contributed by atoms with E-state index < -0.39 is 0 Å². The number of carbonyl (C=O) groups excluding carboxylic acids is 1. The van der Waals surface area contributed by atoms with E-state index in [1.807, 2.05) is 17.0 Å². The van der Waals surface area contributed by atoms with Gasteiger partial charge in [0.15, 0.2) is 5.65 Å². The number of hydrogen-bond donors (Lipinski definition) is 1. The highest BCUT2D eigenvalue weighted by molar-refractivity contribution is 5.93. The number of fused-ring (bicyclic) bond motifs is 1. The maximum Gasteiger partial charge on any atom is 0.256 e. The molecule has 0 radical (unpaired) electrons. The molecule has 4 rings (SSSR count). The first kappa shape index (κ1) is 13.8. The molecule has 1 aliphatic rings. The third-order valence-corrected chi connectivity index (χ3v) is 4.36. The number of amides is 1. The average molecular weight is 308 g/mol. The summed E-state index contributed by atoms with van der Waals surface area (Å²) in [6.07, 6.45) is 8.12. The van der Waals surface area contributed by atoms with Crippen molar-refractivity contribution < 1.29 is 4.79 Å². The van der Waals surface area contributed by atoms with Crippen LogP contribution in [-0.4, -0.2) is 49.0 Å². The molecule has 1 fully saturated rings. The molecular weight excluding hydrogens is 292 g/mol. The molecule has 0 spiro atoms. The van der Waals surface area contributed by atoms with Crippen LogP contribution < -0.4 is 0 Å². The number of H-pyrrole nitrogens is 1. The van der Waals surface area contributed by atoms with Gasteiger partial charge >= 0.3 is 0 Å². The van der Waals surface area contributed by atoms with E-state index in [0.29, 0.717) is 11.5 Å². The molecule has 0 bridgehead atoms. The number of likely N-dealkylation sites (tertiary alicyclic amines) is 1. The molecule has 0 aliphatic carbocycles. The first-order valence-corrected chi connectivity index (χ1v) is 7.66. The fraction of sp³-hybridized carbons (Fsp3) is 0.312. The number of rotatable bonds is 2. The van der Waals surface area contributed by atoms with E-state index in [2.05, 4.69) is 25.1 Å². The first-order chi connectivity index (χ1) is 11.3. The van der Waals surface area contributed by atoms with Gasteiger partial charge in [-0.05, 0) is 25.0 Å². The number of carbonyl (C=O) groups is 1. The second kappa shape index (κ2) is 5.75. The average Bonchev–Trinajstić information content (AvgIpc) is 3.06. The second-order valence-electron chi connectivity index (χ2n) is 5.71. The maximum absolute atomic E-state index is 12.4. The smallest absolute Gasteiger partial charge is 0.256 e. The Morgan fingerprint density at radius 3 is 2.78 bits per heavy atom. The van der Waals surface area contributed by atoms with E-state index in [4.69, 9.17) is 0 Å². The van der Waals surface area contributed by atoms with Crippen LogP contribution in [0.1, 0.15) is 34.8 Å². The molecule has 3 aromatic rings. The van der Waals surface area contributed by atoms with Crippen molar-refractivity contribution in [2.75, 3.05) is 13.1 Å². The summed E-state index contributed by atoms with van der Waals surface area (Å²) < 4.78 is 0. The van der Waals surface area contributed by atoms with Crippen molar-refractivity contribution in [2.45, 2.75) is 18.8 Å². The summed E-state index contributed by atoms with van der Waals surface area (Å²) in [5, 5.41) is 8.46. The minimum atomic E-state index is 0.000172. The van der Waals surface area contributed by atoms with Gasteiger partial charge in [0, 0.05) is 48.7 Å². The lowest BCUT2D eigenvalue weighted by Crippen LogP contribution is -2.38. The lowest BCUT2D eigenvalue weighted by atomic mass is 9.92. The molecule has 1 saturated heterocycles. The van der Waals surface area contributed by atoms with Gasteiger partial charge in [-0.2, -0.15) is 5.10 Å². The minimum Gasteiger partial charge on any atom is -0.339 e. The van der Waals surface area contributed by atoms with Crippen molar-refractivity contribution in [1.82, 2.24) is 30.0 Å². The summed E-state index contributed by atoms with van der Waals surface area (Å²) in [6, 6.07) is 3.97. The van der Waals surface area contributed by atoms with Gasteiger partial charge in [-0.1, -0.05) is 0 Å². The number of nitrogens with one attached hydrogen (secondary N) is 1. The number of aromatic nitrogens is 5. The Balaban J connectivity index is 1.48. The predicted octanol–water partition coefficient (Wildman–Crippen LogP) is 1.77. The standard InChI is InChI=1S/C16H16N6O/c23-16(12-8-17-10-18-9-12)22-6-3-11(4-7-22)14-13-2-1-5-19-15(13)21-20-14/h1-2,5,8-11H,3-4,6-7H2,(H,19,20,21). The summed E-state index contributed by atoms with van der Waals surface area (Å²) in [6.45, 7) is 1.44. The molecule has 7 nitrogen and oxygen atoms in total. The summed E-state index contributed by atoms with van der Waals surface area (Å²) >= 11 is 0. The van der Waals surface area contributed by atoms with Crippen LogP contribution in [0.2, 0.25) is 0 Å². The number of pyridine rings is 1. The highest BCUT2D eigenvalue weighted by Crippen LogP contribution is 2.31. The molecule has 3 aromatic heterocycles. The summed E-state index contributed by atoms with van der Waals surface area (Å²) in [5.41, 5.74) is 2.42. The zero-order valence-electron chi connectivity index (χ0n) is 12.5. The Bertz CT molecular complexity index is 823.